The molecule has 0 saturated heterocycles. The van der Waals surface area contributed by atoms with Gasteiger partial charge in [0.25, 0.3) is 0 Å². The number of hydrogen-bond donors (Lipinski definition) is 1. The molecule has 3 nitrogen and oxygen atoms in total. The van der Waals surface area contributed by atoms with Gasteiger partial charge in [-0.25, -0.2) is 8.42 Å². The zero-order valence-electron chi connectivity index (χ0n) is 12.0. The van der Waals surface area contributed by atoms with Gasteiger partial charge in [-0.05, 0) is 45.6 Å². The Morgan fingerprint density at radius 2 is 1.68 bits per heavy atom. The van der Waals surface area contributed by atoms with E-state index < -0.39 is 20.7 Å². The van der Waals surface area contributed by atoms with E-state index in [4.69, 9.17) is 0 Å². The van der Waals surface area contributed by atoms with Crippen LogP contribution in [0.5, 0.6) is 0 Å². The monoisotopic (exact) mass is 284 g/mol. The van der Waals surface area contributed by atoms with Crippen molar-refractivity contribution in [2.24, 2.45) is 0 Å². The van der Waals surface area contributed by atoms with E-state index in [0.29, 0.717) is 19.3 Å². The van der Waals surface area contributed by atoms with E-state index in [-0.39, 0.29) is 5.75 Å². The summed E-state index contributed by atoms with van der Waals surface area (Å²) in [7, 11) is -3.04. The van der Waals surface area contributed by atoms with Gasteiger partial charge in [0.15, 0.2) is 9.84 Å². The van der Waals surface area contributed by atoms with Crippen LogP contribution in [0.1, 0.15) is 51.7 Å². The molecule has 0 fully saturated rings. The fraction of sp³-hybridized carbons (Fsp3) is 0.600. The first-order valence-corrected chi connectivity index (χ1v) is 8.34. The first-order chi connectivity index (χ1) is 8.74. The molecule has 0 amide bonds. The molecule has 0 aliphatic carbocycles. The number of hydrogen-bond acceptors (Lipinski definition) is 3. The Kier molecular flexibility index (Phi) is 5.56. The van der Waals surface area contributed by atoms with Crippen LogP contribution in [0.4, 0.5) is 0 Å². The lowest BCUT2D eigenvalue weighted by Crippen LogP contribution is -2.30. The second-order valence-corrected chi connectivity index (χ2v) is 8.72. The molecule has 0 spiro atoms. The fourth-order valence-electron chi connectivity index (χ4n) is 1.78. The van der Waals surface area contributed by atoms with Gasteiger partial charge in [0.1, 0.15) is 0 Å². The maximum Gasteiger partial charge on any atom is 0.155 e. The Morgan fingerprint density at radius 3 is 2.21 bits per heavy atom. The van der Waals surface area contributed by atoms with E-state index in [1.807, 2.05) is 30.3 Å². The Balaban J connectivity index is 2.36. The molecule has 0 saturated carbocycles. The molecule has 0 heterocycles. The van der Waals surface area contributed by atoms with E-state index >= 15 is 0 Å². The van der Waals surface area contributed by atoms with E-state index in [2.05, 4.69) is 0 Å². The molecular formula is C15H24O3S. The van der Waals surface area contributed by atoms with Gasteiger partial charge in [0.2, 0.25) is 0 Å². The van der Waals surface area contributed by atoms with Crippen molar-refractivity contribution in [3.8, 4) is 0 Å². The van der Waals surface area contributed by atoms with E-state index in [1.54, 1.807) is 20.8 Å². The predicted molar refractivity (Wildman–Crippen MR) is 78.8 cm³/mol. The average molecular weight is 284 g/mol. The Hall–Kier alpha value is -0.870. The van der Waals surface area contributed by atoms with Crippen LogP contribution in [-0.4, -0.2) is 24.0 Å². The number of rotatable bonds is 6. The Bertz CT molecular complexity index is 472. The summed E-state index contributed by atoms with van der Waals surface area (Å²) in [6, 6.07) is 9.46. The summed E-state index contributed by atoms with van der Waals surface area (Å²) in [6.45, 7) is 5.17. The fourth-order valence-corrected chi connectivity index (χ4v) is 2.97. The first kappa shape index (κ1) is 16.2. The topological polar surface area (TPSA) is 54.4 Å². The number of aliphatic hydroxyl groups is 1. The second kappa shape index (κ2) is 6.53. The average Bonchev–Trinajstić information content (AvgIpc) is 2.34. The van der Waals surface area contributed by atoms with Gasteiger partial charge in [-0.1, -0.05) is 30.3 Å². The van der Waals surface area contributed by atoms with Crippen molar-refractivity contribution < 1.29 is 13.5 Å². The van der Waals surface area contributed by atoms with Gasteiger partial charge in [0, 0.05) is 0 Å². The van der Waals surface area contributed by atoms with Crippen LogP contribution in [0.3, 0.4) is 0 Å². The molecule has 1 N–H and O–H groups in total. The smallest absolute Gasteiger partial charge is 0.155 e. The maximum absolute atomic E-state index is 11.9. The van der Waals surface area contributed by atoms with Crippen LogP contribution in [0, 0.1) is 0 Å². The second-order valence-electron chi connectivity index (χ2n) is 5.85. The highest BCUT2D eigenvalue weighted by molar-refractivity contribution is 7.92. The van der Waals surface area contributed by atoms with Gasteiger partial charge in [-0.15, -0.1) is 0 Å². The van der Waals surface area contributed by atoms with Crippen LogP contribution in [-0.2, 0) is 9.84 Å². The quantitative estimate of drug-likeness (QED) is 0.817. The first-order valence-electron chi connectivity index (χ1n) is 6.69. The summed E-state index contributed by atoms with van der Waals surface area (Å²) in [4.78, 5) is 0. The molecule has 0 radical (unpaired) electrons. The van der Waals surface area contributed by atoms with E-state index in [0.717, 1.165) is 5.56 Å². The van der Waals surface area contributed by atoms with E-state index in [1.165, 1.54) is 0 Å². The zero-order chi connectivity index (χ0) is 14.5. The third-order valence-corrected chi connectivity index (χ3v) is 5.95. The zero-order valence-corrected chi connectivity index (χ0v) is 12.8. The largest absolute Gasteiger partial charge is 0.388 e. The van der Waals surface area contributed by atoms with Crippen molar-refractivity contribution in [3.63, 3.8) is 0 Å². The third kappa shape index (κ3) is 4.96. The molecule has 0 bridgehead atoms. The summed E-state index contributed by atoms with van der Waals surface area (Å²) in [5.41, 5.74) is 0.890. The van der Waals surface area contributed by atoms with Crippen LogP contribution < -0.4 is 0 Å². The van der Waals surface area contributed by atoms with Gasteiger partial charge in [-0.2, -0.15) is 0 Å². The minimum absolute atomic E-state index is 0.192. The summed E-state index contributed by atoms with van der Waals surface area (Å²) in [6.07, 6.45) is 1.41. The summed E-state index contributed by atoms with van der Waals surface area (Å²) in [5.74, 6) is 0.192. The molecule has 1 unspecified atom stereocenters. The Labute approximate surface area is 116 Å². The van der Waals surface area contributed by atoms with Crippen molar-refractivity contribution in [1.82, 2.24) is 0 Å². The van der Waals surface area contributed by atoms with Gasteiger partial charge >= 0.3 is 0 Å². The molecule has 1 atom stereocenters. The minimum atomic E-state index is -3.04. The highest BCUT2D eigenvalue weighted by Gasteiger charge is 2.28. The molecule has 0 aliphatic rings. The molecule has 1 rings (SSSR count). The summed E-state index contributed by atoms with van der Waals surface area (Å²) in [5, 5.41) is 9.96. The SMILES string of the molecule is CC(C)(C)S(=O)(=O)CCCCC(O)c1ccccc1. The van der Waals surface area contributed by atoms with Crippen molar-refractivity contribution in [2.75, 3.05) is 5.75 Å². The summed E-state index contributed by atoms with van der Waals surface area (Å²) >= 11 is 0. The molecule has 1 aromatic carbocycles. The van der Waals surface area contributed by atoms with Gasteiger partial charge < -0.3 is 5.11 Å². The lowest BCUT2D eigenvalue weighted by molar-refractivity contribution is 0.164. The number of benzene rings is 1. The number of sulfone groups is 1. The molecule has 19 heavy (non-hydrogen) atoms. The summed E-state index contributed by atoms with van der Waals surface area (Å²) < 4.78 is 23.1. The number of unbranched alkanes of at least 4 members (excludes halogenated alkanes) is 1. The lowest BCUT2D eigenvalue weighted by atomic mass is 10.0. The molecular weight excluding hydrogens is 260 g/mol. The minimum Gasteiger partial charge on any atom is -0.388 e. The maximum atomic E-state index is 11.9. The van der Waals surface area contributed by atoms with Crippen molar-refractivity contribution in [1.29, 1.82) is 0 Å². The standard InChI is InChI=1S/C15H24O3S/c1-15(2,3)19(17,18)12-8-7-11-14(16)13-9-5-4-6-10-13/h4-6,9-10,14,16H,7-8,11-12H2,1-3H3. The van der Waals surface area contributed by atoms with Crippen molar-refractivity contribution in [3.05, 3.63) is 35.9 Å². The molecule has 1 aromatic rings. The van der Waals surface area contributed by atoms with Gasteiger partial charge in [0.05, 0.1) is 16.6 Å². The normalized spacial score (nSPS) is 14.3. The van der Waals surface area contributed by atoms with E-state index in [9.17, 15) is 13.5 Å². The number of aliphatic hydroxyl groups excluding tert-OH is 1. The molecule has 108 valence electrons. The predicted octanol–water partition coefficient (Wildman–Crippen LogP) is 3.10. The highest BCUT2D eigenvalue weighted by Crippen LogP contribution is 2.21. The van der Waals surface area contributed by atoms with Crippen LogP contribution in [0.25, 0.3) is 0 Å². The Morgan fingerprint density at radius 1 is 1.11 bits per heavy atom. The van der Waals surface area contributed by atoms with Crippen LogP contribution in [0.2, 0.25) is 0 Å². The van der Waals surface area contributed by atoms with Gasteiger partial charge in [-0.3, -0.25) is 0 Å². The third-order valence-electron chi connectivity index (χ3n) is 3.26. The molecule has 0 aromatic heterocycles. The van der Waals surface area contributed by atoms with Crippen molar-refractivity contribution >= 4 is 9.84 Å². The van der Waals surface area contributed by atoms with Crippen LogP contribution in [0.15, 0.2) is 30.3 Å². The van der Waals surface area contributed by atoms with Crippen molar-refractivity contribution in [2.45, 2.75) is 50.9 Å². The van der Waals surface area contributed by atoms with Crippen LogP contribution >= 0.6 is 0 Å². The molecule has 0 aliphatic heterocycles. The lowest BCUT2D eigenvalue weighted by Gasteiger charge is -2.19. The molecule has 4 heteroatoms. The highest BCUT2D eigenvalue weighted by atomic mass is 32.2.